The number of benzene rings is 1. The highest BCUT2D eigenvalue weighted by molar-refractivity contribution is 7.16. The second-order valence-electron chi connectivity index (χ2n) is 3.88. The van der Waals surface area contributed by atoms with Gasteiger partial charge in [-0.25, -0.2) is 0 Å². The van der Waals surface area contributed by atoms with Crippen molar-refractivity contribution in [3.05, 3.63) is 50.1 Å². The molecule has 0 aliphatic heterocycles. The van der Waals surface area contributed by atoms with Crippen LogP contribution >= 0.6 is 34.5 Å². The molecule has 0 saturated heterocycles. The Balaban J connectivity index is 2.25. The summed E-state index contributed by atoms with van der Waals surface area (Å²) in [5.74, 6) is 0. The number of nitrogens with zero attached hydrogens (tertiary/aromatic N) is 1. The quantitative estimate of drug-likeness (QED) is 0.775. The van der Waals surface area contributed by atoms with E-state index in [0.717, 1.165) is 21.2 Å². The first-order chi connectivity index (χ1) is 8.60. The second kappa shape index (κ2) is 5.74. The molecule has 2 aromatic rings. The van der Waals surface area contributed by atoms with Crippen LogP contribution in [0.25, 0.3) is 0 Å². The van der Waals surface area contributed by atoms with E-state index in [0.29, 0.717) is 17.1 Å². The van der Waals surface area contributed by atoms with Crippen LogP contribution in [-0.2, 0) is 6.54 Å². The molecule has 18 heavy (non-hydrogen) atoms. The summed E-state index contributed by atoms with van der Waals surface area (Å²) < 4.78 is 0.764. The van der Waals surface area contributed by atoms with E-state index < -0.39 is 0 Å². The highest BCUT2D eigenvalue weighted by atomic mass is 35.5. The molecule has 0 N–H and O–H groups in total. The van der Waals surface area contributed by atoms with Crippen LogP contribution in [0.4, 0.5) is 5.69 Å². The number of hydrogen-bond acceptors (Lipinski definition) is 3. The standard InChI is InChI=1S/C13H11Cl2NOS/c1-16(7-11-4-5-13(15)18-11)12-6-10(14)3-2-9(12)8-17/h2-6,8H,7H2,1H3. The van der Waals surface area contributed by atoms with Crippen LogP contribution in [0.5, 0.6) is 0 Å². The summed E-state index contributed by atoms with van der Waals surface area (Å²) in [4.78, 5) is 14.1. The minimum absolute atomic E-state index is 0.617. The third-order valence-corrected chi connectivity index (χ3v) is 4.00. The van der Waals surface area contributed by atoms with Crippen LogP contribution in [0.15, 0.2) is 30.3 Å². The van der Waals surface area contributed by atoms with E-state index in [-0.39, 0.29) is 0 Å². The van der Waals surface area contributed by atoms with Gasteiger partial charge in [-0.3, -0.25) is 4.79 Å². The molecule has 0 saturated carbocycles. The van der Waals surface area contributed by atoms with Gasteiger partial charge in [-0.1, -0.05) is 23.2 Å². The van der Waals surface area contributed by atoms with Crippen LogP contribution in [0.3, 0.4) is 0 Å². The highest BCUT2D eigenvalue weighted by Crippen LogP contribution is 2.27. The lowest BCUT2D eigenvalue weighted by Gasteiger charge is -2.20. The van der Waals surface area contributed by atoms with Crippen molar-refractivity contribution in [2.24, 2.45) is 0 Å². The Morgan fingerprint density at radius 2 is 2.06 bits per heavy atom. The zero-order valence-corrected chi connectivity index (χ0v) is 12.0. The Hall–Kier alpha value is -1.03. The molecule has 94 valence electrons. The lowest BCUT2D eigenvalue weighted by atomic mass is 10.2. The Bertz CT molecular complexity index is 568. The molecule has 1 heterocycles. The first kappa shape index (κ1) is 13.4. The zero-order valence-electron chi connectivity index (χ0n) is 9.69. The lowest BCUT2D eigenvalue weighted by molar-refractivity contribution is 0.112. The largest absolute Gasteiger partial charge is 0.369 e. The van der Waals surface area contributed by atoms with Gasteiger partial charge < -0.3 is 4.90 Å². The van der Waals surface area contributed by atoms with Gasteiger partial charge in [-0.05, 0) is 30.3 Å². The Kier molecular flexibility index (Phi) is 4.27. The van der Waals surface area contributed by atoms with Crippen LogP contribution in [0.2, 0.25) is 9.36 Å². The predicted molar refractivity (Wildman–Crippen MR) is 78.3 cm³/mol. The summed E-state index contributed by atoms with van der Waals surface area (Å²) in [6.45, 7) is 0.693. The number of anilines is 1. The second-order valence-corrected chi connectivity index (χ2v) is 6.12. The van der Waals surface area contributed by atoms with Crippen LogP contribution in [0.1, 0.15) is 15.2 Å². The number of carbonyl (C=O) groups excluding carboxylic acids is 1. The van der Waals surface area contributed by atoms with Crippen molar-refractivity contribution in [1.82, 2.24) is 0 Å². The molecule has 2 nitrogen and oxygen atoms in total. The van der Waals surface area contributed by atoms with Crippen molar-refractivity contribution in [2.45, 2.75) is 6.54 Å². The van der Waals surface area contributed by atoms with Crippen molar-refractivity contribution < 1.29 is 4.79 Å². The maximum absolute atomic E-state index is 11.0. The van der Waals surface area contributed by atoms with E-state index in [1.54, 1.807) is 18.2 Å². The number of halogens is 2. The van der Waals surface area contributed by atoms with Crippen LogP contribution in [-0.4, -0.2) is 13.3 Å². The third kappa shape index (κ3) is 3.05. The van der Waals surface area contributed by atoms with Gasteiger partial charge in [0.05, 0.1) is 10.9 Å². The normalized spacial score (nSPS) is 10.4. The van der Waals surface area contributed by atoms with E-state index in [2.05, 4.69) is 0 Å². The third-order valence-electron chi connectivity index (χ3n) is 2.55. The molecule has 0 fully saturated rings. The van der Waals surface area contributed by atoms with Crippen molar-refractivity contribution in [2.75, 3.05) is 11.9 Å². The number of carbonyl (C=O) groups is 1. The molecule has 0 atom stereocenters. The first-order valence-electron chi connectivity index (χ1n) is 5.30. The molecule has 1 aromatic heterocycles. The number of aldehydes is 1. The molecule has 0 amide bonds. The molecular formula is C13H11Cl2NOS. The van der Waals surface area contributed by atoms with Gasteiger partial charge in [-0.2, -0.15) is 0 Å². The Morgan fingerprint density at radius 1 is 1.28 bits per heavy atom. The highest BCUT2D eigenvalue weighted by Gasteiger charge is 2.09. The summed E-state index contributed by atoms with van der Waals surface area (Å²) in [7, 11) is 1.92. The molecule has 2 rings (SSSR count). The van der Waals surface area contributed by atoms with Crippen molar-refractivity contribution in [1.29, 1.82) is 0 Å². The van der Waals surface area contributed by atoms with E-state index in [9.17, 15) is 4.79 Å². The van der Waals surface area contributed by atoms with Gasteiger partial charge in [0, 0.05) is 28.2 Å². The maximum atomic E-state index is 11.0. The fraction of sp³-hybridized carbons (Fsp3) is 0.154. The topological polar surface area (TPSA) is 20.3 Å². The Labute approximate surface area is 120 Å². The SMILES string of the molecule is CN(Cc1ccc(Cl)s1)c1cc(Cl)ccc1C=O. The first-order valence-corrected chi connectivity index (χ1v) is 6.87. The summed E-state index contributed by atoms with van der Waals surface area (Å²) >= 11 is 13.4. The molecule has 0 spiro atoms. The molecule has 0 aliphatic carbocycles. The molecule has 0 bridgehead atoms. The maximum Gasteiger partial charge on any atom is 0.152 e. The van der Waals surface area contributed by atoms with E-state index in [1.165, 1.54) is 11.3 Å². The van der Waals surface area contributed by atoms with Gasteiger partial charge >= 0.3 is 0 Å². The molecule has 0 unspecified atom stereocenters. The zero-order chi connectivity index (χ0) is 13.1. The fourth-order valence-corrected chi connectivity index (χ4v) is 3.01. The van der Waals surface area contributed by atoms with Gasteiger partial charge in [-0.15, -0.1) is 11.3 Å². The van der Waals surface area contributed by atoms with Gasteiger partial charge in [0.15, 0.2) is 6.29 Å². The minimum atomic E-state index is 0.617. The van der Waals surface area contributed by atoms with Crippen molar-refractivity contribution in [3.8, 4) is 0 Å². The molecule has 1 aromatic carbocycles. The molecule has 5 heteroatoms. The summed E-state index contributed by atoms with van der Waals surface area (Å²) in [6.07, 6.45) is 0.837. The number of rotatable bonds is 4. The molecule has 0 radical (unpaired) electrons. The van der Waals surface area contributed by atoms with Crippen molar-refractivity contribution >= 4 is 46.5 Å². The lowest BCUT2D eigenvalue weighted by Crippen LogP contribution is -2.17. The number of hydrogen-bond donors (Lipinski definition) is 0. The van der Waals surface area contributed by atoms with Gasteiger partial charge in [0.2, 0.25) is 0 Å². The summed E-state index contributed by atoms with van der Waals surface area (Å²) in [5.41, 5.74) is 1.45. The van der Waals surface area contributed by atoms with Crippen molar-refractivity contribution in [3.63, 3.8) is 0 Å². The van der Waals surface area contributed by atoms with E-state index in [4.69, 9.17) is 23.2 Å². The van der Waals surface area contributed by atoms with Crippen LogP contribution in [0, 0.1) is 0 Å². The average Bonchev–Trinajstić information content (AvgIpc) is 2.74. The minimum Gasteiger partial charge on any atom is -0.369 e. The summed E-state index contributed by atoms with van der Waals surface area (Å²) in [5, 5.41) is 0.617. The monoisotopic (exact) mass is 299 g/mol. The molecule has 0 aliphatic rings. The molecular weight excluding hydrogens is 289 g/mol. The average molecular weight is 300 g/mol. The smallest absolute Gasteiger partial charge is 0.152 e. The fourth-order valence-electron chi connectivity index (χ4n) is 1.70. The van der Waals surface area contributed by atoms with Crippen LogP contribution < -0.4 is 4.90 Å². The number of thiophene rings is 1. The predicted octanol–water partition coefficient (Wildman–Crippen LogP) is 4.50. The van der Waals surface area contributed by atoms with E-state index in [1.807, 2.05) is 24.1 Å². The Morgan fingerprint density at radius 3 is 2.67 bits per heavy atom. The van der Waals surface area contributed by atoms with E-state index >= 15 is 0 Å². The van der Waals surface area contributed by atoms with Gasteiger partial charge in [0.1, 0.15) is 0 Å². The summed E-state index contributed by atoms with van der Waals surface area (Å²) in [6, 6.07) is 9.08. The van der Waals surface area contributed by atoms with Gasteiger partial charge in [0.25, 0.3) is 0 Å².